The molecule has 1 aromatic rings. The molecule has 0 unspecified atom stereocenters. The predicted molar refractivity (Wildman–Crippen MR) is 77.5 cm³/mol. The van der Waals surface area contributed by atoms with Crippen LogP contribution in [0, 0.1) is 11.5 Å². The number of nitrogens with two attached hydrogens (primary N) is 1. The van der Waals surface area contributed by atoms with Gasteiger partial charge in [-0.3, -0.25) is 10.3 Å². The van der Waals surface area contributed by atoms with Crippen LogP contribution in [0.2, 0.25) is 0 Å². The number of guanidine groups is 1. The Morgan fingerprint density at radius 3 is 2.74 bits per heavy atom. The zero-order chi connectivity index (χ0) is 13.8. The van der Waals surface area contributed by atoms with Crippen molar-refractivity contribution in [3.8, 4) is 6.19 Å². The normalized spacial score (nSPS) is 10.8. The van der Waals surface area contributed by atoms with Crippen LogP contribution in [0.3, 0.4) is 0 Å². The molecule has 102 valence electrons. The highest BCUT2D eigenvalue weighted by Crippen LogP contribution is 1.98. The highest BCUT2D eigenvalue weighted by Gasteiger charge is 1.97. The van der Waals surface area contributed by atoms with Gasteiger partial charge in [0.25, 0.3) is 0 Å². The number of hydrogen-bond donors (Lipinski definition) is 3. The lowest BCUT2D eigenvalue weighted by Crippen LogP contribution is -2.36. The fraction of sp³-hybridized carbons (Fsp3) is 0.429. The molecular formula is C14H21N5. The van der Waals surface area contributed by atoms with E-state index in [1.165, 1.54) is 5.56 Å². The van der Waals surface area contributed by atoms with E-state index in [2.05, 4.69) is 27.8 Å². The van der Waals surface area contributed by atoms with Gasteiger partial charge in [0.15, 0.2) is 6.19 Å². The minimum Gasteiger partial charge on any atom is -0.355 e. The summed E-state index contributed by atoms with van der Waals surface area (Å²) in [6.45, 7) is 2.10. The zero-order valence-electron chi connectivity index (χ0n) is 11.1. The summed E-state index contributed by atoms with van der Waals surface area (Å²) in [6.07, 6.45) is 4.68. The summed E-state index contributed by atoms with van der Waals surface area (Å²) < 4.78 is 0. The zero-order valence-corrected chi connectivity index (χ0v) is 11.1. The number of unbranched alkanes of at least 4 members (excludes halogenated alkanes) is 1. The van der Waals surface area contributed by atoms with Crippen LogP contribution in [0.25, 0.3) is 0 Å². The Balaban J connectivity index is 2.31. The van der Waals surface area contributed by atoms with E-state index in [-0.39, 0.29) is 0 Å². The summed E-state index contributed by atoms with van der Waals surface area (Å²) >= 11 is 0. The van der Waals surface area contributed by atoms with Gasteiger partial charge < -0.3 is 11.1 Å². The molecule has 0 bridgehead atoms. The van der Waals surface area contributed by atoms with Crippen molar-refractivity contribution in [1.82, 2.24) is 10.6 Å². The molecule has 0 fully saturated rings. The molecule has 0 aliphatic rings. The van der Waals surface area contributed by atoms with Gasteiger partial charge in [-0.05, 0) is 31.4 Å². The van der Waals surface area contributed by atoms with E-state index in [0.29, 0.717) is 19.0 Å². The molecule has 5 heteroatoms. The third-order valence-corrected chi connectivity index (χ3v) is 2.61. The Bertz CT molecular complexity index is 408. The Morgan fingerprint density at radius 2 is 2.05 bits per heavy atom. The SMILES string of the molecule is N#CNC(=NCCCCN)NCCc1ccccc1. The Kier molecular flexibility index (Phi) is 7.83. The molecule has 0 radical (unpaired) electrons. The molecular weight excluding hydrogens is 238 g/mol. The topological polar surface area (TPSA) is 86.2 Å². The number of hydrogen-bond acceptors (Lipinski definition) is 3. The largest absolute Gasteiger partial charge is 0.355 e. The summed E-state index contributed by atoms with van der Waals surface area (Å²) in [5.41, 5.74) is 6.68. The van der Waals surface area contributed by atoms with Crippen LogP contribution < -0.4 is 16.4 Å². The molecule has 0 saturated heterocycles. The fourth-order valence-corrected chi connectivity index (χ4v) is 1.61. The van der Waals surface area contributed by atoms with Crippen LogP contribution in [0.5, 0.6) is 0 Å². The Labute approximate surface area is 114 Å². The monoisotopic (exact) mass is 259 g/mol. The number of aliphatic imine (C=N–C) groups is 1. The van der Waals surface area contributed by atoms with E-state index in [9.17, 15) is 0 Å². The molecule has 4 N–H and O–H groups in total. The molecule has 0 aliphatic heterocycles. The minimum atomic E-state index is 0.537. The Hall–Kier alpha value is -2.06. The summed E-state index contributed by atoms with van der Waals surface area (Å²) in [5.74, 6) is 0.537. The van der Waals surface area contributed by atoms with Gasteiger partial charge in [0.2, 0.25) is 5.96 Å². The Morgan fingerprint density at radius 1 is 1.26 bits per heavy atom. The highest BCUT2D eigenvalue weighted by molar-refractivity contribution is 5.81. The molecule has 0 saturated carbocycles. The summed E-state index contributed by atoms with van der Waals surface area (Å²) in [7, 11) is 0. The van der Waals surface area contributed by atoms with Crippen LogP contribution in [0.4, 0.5) is 0 Å². The molecule has 1 aromatic carbocycles. The van der Waals surface area contributed by atoms with Crippen molar-refractivity contribution in [2.75, 3.05) is 19.6 Å². The molecule has 0 atom stereocenters. The second-order valence-corrected chi connectivity index (χ2v) is 4.13. The maximum Gasteiger partial charge on any atom is 0.204 e. The van der Waals surface area contributed by atoms with Crippen LogP contribution in [-0.4, -0.2) is 25.6 Å². The van der Waals surface area contributed by atoms with Crippen molar-refractivity contribution in [3.63, 3.8) is 0 Å². The van der Waals surface area contributed by atoms with Crippen molar-refractivity contribution in [3.05, 3.63) is 35.9 Å². The third kappa shape index (κ3) is 7.06. The van der Waals surface area contributed by atoms with Gasteiger partial charge in [-0.15, -0.1) is 0 Å². The second kappa shape index (κ2) is 9.92. The van der Waals surface area contributed by atoms with E-state index in [1.54, 1.807) is 0 Å². The predicted octanol–water partition coefficient (Wildman–Crippen LogP) is 0.984. The quantitative estimate of drug-likeness (QED) is 0.224. The van der Waals surface area contributed by atoms with Gasteiger partial charge in [0.05, 0.1) is 0 Å². The van der Waals surface area contributed by atoms with Crippen LogP contribution in [0.15, 0.2) is 35.3 Å². The van der Waals surface area contributed by atoms with E-state index >= 15 is 0 Å². The van der Waals surface area contributed by atoms with Crippen LogP contribution >= 0.6 is 0 Å². The lowest BCUT2D eigenvalue weighted by Gasteiger charge is -2.08. The number of benzene rings is 1. The van der Waals surface area contributed by atoms with Gasteiger partial charge in [-0.1, -0.05) is 30.3 Å². The molecule has 1 rings (SSSR count). The first-order chi connectivity index (χ1) is 9.36. The van der Waals surface area contributed by atoms with Gasteiger partial charge in [-0.25, -0.2) is 0 Å². The lowest BCUT2D eigenvalue weighted by molar-refractivity contribution is 0.745. The fourth-order valence-electron chi connectivity index (χ4n) is 1.61. The molecule has 0 aliphatic carbocycles. The van der Waals surface area contributed by atoms with Crippen molar-refractivity contribution in [2.45, 2.75) is 19.3 Å². The third-order valence-electron chi connectivity index (χ3n) is 2.61. The molecule has 0 spiro atoms. The maximum atomic E-state index is 8.65. The molecule has 0 amide bonds. The van der Waals surface area contributed by atoms with E-state index in [0.717, 1.165) is 25.8 Å². The molecule has 0 aromatic heterocycles. The highest BCUT2D eigenvalue weighted by atomic mass is 15.2. The van der Waals surface area contributed by atoms with Crippen LogP contribution in [0.1, 0.15) is 18.4 Å². The van der Waals surface area contributed by atoms with E-state index in [1.807, 2.05) is 24.4 Å². The molecule has 0 heterocycles. The number of nitriles is 1. The first-order valence-corrected chi connectivity index (χ1v) is 6.54. The average molecular weight is 259 g/mol. The number of nitrogens with one attached hydrogen (secondary N) is 2. The first kappa shape index (κ1) is 15.0. The number of rotatable bonds is 7. The van der Waals surface area contributed by atoms with Crippen molar-refractivity contribution >= 4 is 5.96 Å². The number of nitrogens with zero attached hydrogens (tertiary/aromatic N) is 2. The summed E-state index contributed by atoms with van der Waals surface area (Å²) in [6, 6.07) is 10.2. The maximum absolute atomic E-state index is 8.65. The smallest absolute Gasteiger partial charge is 0.204 e. The molecule has 5 nitrogen and oxygen atoms in total. The van der Waals surface area contributed by atoms with E-state index < -0.39 is 0 Å². The average Bonchev–Trinajstić information content (AvgIpc) is 2.44. The minimum absolute atomic E-state index is 0.537. The van der Waals surface area contributed by atoms with Gasteiger partial charge >= 0.3 is 0 Å². The van der Waals surface area contributed by atoms with Gasteiger partial charge in [0, 0.05) is 13.1 Å². The van der Waals surface area contributed by atoms with Crippen molar-refractivity contribution in [2.24, 2.45) is 10.7 Å². The van der Waals surface area contributed by atoms with Gasteiger partial charge in [-0.2, -0.15) is 5.26 Å². The lowest BCUT2D eigenvalue weighted by atomic mass is 10.1. The van der Waals surface area contributed by atoms with E-state index in [4.69, 9.17) is 11.0 Å². The van der Waals surface area contributed by atoms with Gasteiger partial charge in [0.1, 0.15) is 0 Å². The van der Waals surface area contributed by atoms with Crippen molar-refractivity contribution < 1.29 is 0 Å². The summed E-state index contributed by atoms with van der Waals surface area (Å²) in [5, 5.41) is 14.3. The van der Waals surface area contributed by atoms with Crippen LogP contribution in [-0.2, 0) is 6.42 Å². The van der Waals surface area contributed by atoms with Crippen molar-refractivity contribution in [1.29, 1.82) is 5.26 Å². The second-order valence-electron chi connectivity index (χ2n) is 4.13. The molecule has 19 heavy (non-hydrogen) atoms. The first-order valence-electron chi connectivity index (χ1n) is 6.54. The standard InChI is InChI=1S/C14H21N5/c15-9-4-5-10-17-14(19-12-16)18-11-8-13-6-2-1-3-7-13/h1-3,6-7H,4-5,8-11,15H2,(H2,17,18,19). The summed E-state index contributed by atoms with van der Waals surface area (Å²) in [4.78, 5) is 4.30.